The average molecular weight is 268 g/mol. The monoisotopic (exact) mass is 268 g/mol. The molecule has 0 radical (unpaired) electrons. The Bertz CT molecular complexity index is 341. The molecule has 2 fully saturated rings. The Morgan fingerprint density at radius 3 is 2.63 bits per heavy atom. The first-order valence-electron chi connectivity index (χ1n) is 7.47. The number of hydrogen-bond acceptors (Lipinski definition) is 3. The smallest absolute Gasteiger partial charge is 0.239 e. The van der Waals surface area contributed by atoms with Gasteiger partial charge in [-0.2, -0.15) is 0 Å². The van der Waals surface area contributed by atoms with Crippen LogP contribution in [-0.2, 0) is 9.53 Å². The van der Waals surface area contributed by atoms with E-state index in [1.54, 1.807) is 7.11 Å². The molecule has 1 amide bonds. The normalized spacial score (nSPS) is 34.5. The summed E-state index contributed by atoms with van der Waals surface area (Å²) in [5.41, 5.74) is 0.0735. The largest absolute Gasteiger partial charge is 0.381 e. The van der Waals surface area contributed by atoms with Crippen molar-refractivity contribution >= 4 is 5.91 Å². The molecule has 2 aliphatic rings. The van der Waals surface area contributed by atoms with Crippen molar-refractivity contribution in [1.82, 2.24) is 10.2 Å². The van der Waals surface area contributed by atoms with Crippen molar-refractivity contribution in [3.8, 4) is 0 Å². The molecule has 19 heavy (non-hydrogen) atoms. The molecule has 1 aliphatic heterocycles. The second-order valence-electron chi connectivity index (χ2n) is 6.85. The van der Waals surface area contributed by atoms with Gasteiger partial charge in [0.05, 0.1) is 12.1 Å². The molecule has 4 nitrogen and oxygen atoms in total. The second kappa shape index (κ2) is 5.41. The van der Waals surface area contributed by atoms with Crippen molar-refractivity contribution < 1.29 is 9.53 Å². The molecule has 1 heterocycles. The molecule has 1 saturated carbocycles. The Labute approximate surface area is 116 Å². The highest BCUT2D eigenvalue weighted by atomic mass is 16.5. The zero-order chi connectivity index (χ0) is 14.2. The summed E-state index contributed by atoms with van der Waals surface area (Å²) < 4.78 is 5.50. The molecule has 2 rings (SSSR count). The Hall–Kier alpha value is -0.610. The van der Waals surface area contributed by atoms with Gasteiger partial charge in [-0.15, -0.1) is 0 Å². The molecule has 1 N–H and O–H groups in total. The van der Waals surface area contributed by atoms with E-state index >= 15 is 0 Å². The SMILES string of the molecule is COC1CC(N2CCCC(NC(C)C)C2=O)C1(C)C. The van der Waals surface area contributed by atoms with Crippen LogP contribution in [0.3, 0.4) is 0 Å². The molecule has 0 spiro atoms. The maximum atomic E-state index is 12.6. The lowest BCUT2D eigenvalue weighted by molar-refractivity contribution is -0.167. The van der Waals surface area contributed by atoms with Crippen molar-refractivity contribution in [2.45, 2.75) is 71.2 Å². The Balaban J connectivity index is 2.03. The summed E-state index contributed by atoms with van der Waals surface area (Å²) in [5.74, 6) is 0.285. The van der Waals surface area contributed by atoms with Gasteiger partial charge >= 0.3 is 0 Å². The van der Waals surface area contributed by atoms with Crippen LogP contribution in [0.1, 0.15) is 47.0 Å². The summed E-state index contributed by atoms with van der Waals surface area (Å²) in [6.07, 6.45) is 3.32. The first kappa shape index (κ1) is 14.8. The third-order valence-corrected chi connectivity index (χ3v) is 4.79. The van der Waals surface area contributed by atoms with Gasteiger partial charge in [-0.1, -0.05) is 27.7 Å². The number of piperidine rings is 1. The van der Waals surface area contributed by atoms with Gasteiger partial charge in [0.1, 0.15) is 0 Å². The minimum Gasteiger partial charge on any atom is -0.381 e. The van der Waals surface area contributed by atoms with E-state index in [9.17, 15) is 4.79 Å². The van der Waals surface area contributed by atoms with Crippen LogP contribution < -0.4 is 5.32 Å². The van der Waals surface area contributed by atoms with Crippen molar-refractivity contribution in [3.63, 3.8) is 0 Å². The first-order chi connectivity index (χ1) is 8.87. The van der Waals surface area contributed by atoms with Crippen LogP contribution in [0.25, 0.3) is 0 Å². The number of likely N-dealkylation sites (tertiary alicyclic amines) is 1. The molecular formula is C15H28N2O2. The molecule has 110 valence electrons. The number of ether oxygens (including phenoxy) is 1. The molecule has 3 atom stereocenters. The summed E-state index contributed by atoms with van der Waals surface area (Å²) in [6.45, 7) is 9.52. The molecular weight excluding hydrogens is 240 g/mol. The van der Waals surface area contributed by atoms with Crippen LogP contribution in [0.2, 0.25) is 0 Å². The zero-order valence-electron chi connectivity index (χ0n) is 12.9. The van der Waals surface area contributed by atoms with Gasteiger partial charge in [-0.05, 0) is 19.3 Å². The number of methoxy groups -OCH3 is 1. The second-order valence-corrected chi connectivity index (χ2v) is 6.85. The lowest BCUT2D eigenvalue weighted by Gasteiger charge is -2.56. The van der Waals surface area contributed by atoms with Crippen LogP contribution in [0, 0.1) is 5.41 Å². The third-order valence-electron chi connectivity index (χ3n) is 4.79. The van der Waals surface area contributed by atoms with Gasteiger partial charge in [-0.3, -0.25) is 4.79 Å². The molecule has 0 aromatic carbocycles. The molecule has 4 heteroatoms. The van der Waals surface area contributed by atoms with Crippen LogP contribution >= 0.6 is 0 Å². The van der Waals surface area contributed by atoms with E-state index in [2.05, 4.69) is 37.9 Å². The maximum absolute atomic E-state index is 12.6. The van der Waals surface area contributed by atoms with Gasteiger partial charge in [0.15, 0.2) is 0 Å². The van der Waals surface area contributed by atoms with E-state index in [0.29, 0.717) is 12.1 Å². The molecule has 0 bridgehead atoms. The van der Waals surface area contributed by atoms with E-state index < -0.39 is 0 Å². The highest BCUT2D eigenvalue weighted by molar-refractivity contribution is 5.83. The molecule has 0 aromatic rings. The van der Waals surface area contributed by atoms with Crippen molar-refractivity contribution in [2.24, 2.45) is 5.41 Å². The fourth-order valence-corrected chi connectivity index (χ4v) is 3.56. The predicted octanol–water partition coefficient (Wildman–Crippen LogP) is 1.79. The van der Waals surface area contributed by atoms with Crippen molar-refractivity contribution in [1.29, 1.82) is 0 Å². The van der Waals surface area contributed by atoms with Crippen molar-refractivity contribution in [3.05, 3.63) is 0 Å². The minimum atomic E-state index is 0.00569. The number of nitrogens with zero attached hydrogens (tertiary/aromatic N) is 1. The van der Waals surface area contributed by atoms with E-state index in [1.807, 2.05) is 0 Å². The minimum absolute atomic E-state index is 0.00569. The van der Waals surface area contributed by atoms with E-state index in [4.69, 9.17) is 4.74 Å². The third kappa shape index (κ3) is 2.65. The van der Waals surface area contributed by atoms with Crippen molar-refractivity contribution in [2.75, 3.05) is 13.7 Å². The highest BCUT2D eigenvalue weighted by Crippen LogP contribution is 2.46. The van der Waals surface area contributed by atoms with Crippen LogP contribution in [-0.4, -0.2) is 48.7 Å². The number of carbonyl (C=O) groups excluding carboxylic acids is 1. The van der Waals surface area contributed by atoms with E-state index in [1.165, 1.54) is 0 Å². The van der Waals surface area contributed by atoms with Gasteiger partial charge in [0.25, 0.3) is 0 Å². The standard InChI is InChI=1S/C15H28N2O2/c1-10(2)16-11-7-6-8-17(14(11)18)12-9-13(19-5)15(12,3)4/h10-13,16H,6-9H2,1-5H3. The van der Waals surface area contributed by atoms with Gasteiger partial charge in [-0.25, -0.2) is 0 Å². The average Bonchev–Trinajstić information content (AvgIpc) is 2.32. The Morgan fingerprint density at radius 1 is 1.42 bits per heavy atom. The molecule has 1 saturated heterocycles. The Kier molecular flexibility index (Phi) is 4.21. The number of hydrogen-bond donors (Lipinski definition) is 1. The number of amides is 1. The lowest BCUT2D eigenvalue weighted by Crippen LogP contribution is -2.66. The quantitative estimate of drug-likeness (QED) is 0.845. The lowest BCUT2D eigenvalue weighted by atomic mass is 9.63. The van der Waals surface area contributed by atoms with Gasteiger partial charge in [0, 0.05) is 31.2 Å². The first-order valence-corrected chi connectivity index (χ1v) is 7.47. The fourth-order valence-electron chi connectivity index (χ4n) is 3.56. The molecule has 1 aliphatic carbocycles. The van der Waals surface area contributed by atoms with Crippen LogP contribution in [0.15, 0.2) is 0 Å². The summed E-state index contributed by atoms with van der Waals surface area (Å²) >= 11 is 0. The van der Waals surface area contributed by atoms with Gasteiger partial charge < -0.3 is 15.0 Å². The topological polar surface area (TPSA) is 41.6 Å². The summed E-state index contributed by atoms with van der Waals surface area (Å²) in [7, 11) is 1.77. The Morgan fingerprint density at radius 2 is 2.11 bits per heavy atom. The maximum Gasteiger partial charge on any atom is 0.239 e. The highest BCUT2D eigenvalue weighted by Gasteiger charge is 2.53. The zero-order valence-corrected chi connectivity index (χ0v) is 12.9. The van der Waals surface area contributed by atoms with E-state index in [-0.39, 0.29) is 23.5 Å². The summed E-state index contributed by atoms with van der Waals surface area (Å²) in [6, 6.07) is 0.697. The summed E-state index contributed by atoms with van der Waals surface area (Å²) in [4.78, 5) is 14.7. The van der Waals surface area contributed by atoms with Gasteiger partial charge in [0.2, 0.25) is 5.91 Å². The predicted molar refractivity (Wildman–Crippen MR) is 76.0 cm³/mol. The van der Waals surface area contributed by atoms with Crippen LogP contribution in [0.4, 0.5) is 0 Å². The number of carbonyl (C=O) groups is 1. The molecule has 0 aromatic heterocycles. The summed E-state index contributed by atoms with van der Waals surface area (Å²) in [5, 5.41) is 3.39. The van der Waals surface area contributed by atoms with Crippen LogP contribution in [0.5, 0.6) is 0 Å². The fraction of sp³-hybridized carbons (Fsp3) is 0.933. The molecule has 3 unspecified atom stereocenters. The number of rotatable bonds is 4. The number of nitrogens with one attached hydrogen (secondary N) is 1. The van der Waals surface area contributed by atoms with E-state index in [0.717, 1.165) is 25.8 Å².